The fraction of sp³-hybridized carbons (Fsp3) is 0.524. The summed E-state index contributed by atoms with van der Waals surface area (Å²) in [6, 6.07) is 4.54. The molecule has 0 spiro atoms. The van der Waals surface area contributed by atoms with Crippen LogP contribution in [0.15, 0.2) is 28.8 Å². The number of nitrogens with zero attached hydrogens (tertiary/aromatic N) is 1. The maximum Gasteiger partial charge on any atom is 0.416 e. The second-order valence-corrected chi connectivity index (χ2v) is 7.88. The number of nitrogens with one attached hydrogen (secondary N) is 2. The zero-order chi connectivity index (χ0) is 21.9. The minimum Gasteiger partial charge on any atom is -0.396 e. The second kappa shape index (κ2) is 9.18. The van der Waals surface area contributed by atoms with Gasteiger partial charge in [-0.3, -0.25) is 4.79 Å². The van der Waals surface area contributed by atoms with E-state index in [9.17, 15) is 23.1 Å². The van der Waals surface area contributed by atoms with Gasteiger partial charge < -0.3 is 20.3 Å². The summed E-state index contributed by atoms with van der Waals surface area (Å²) in [5.41, 5.74) is 0.229. The molecule has 1 aliphatic rings. The normalized spacial score (nSPS) is 15.4. The number of aliphatic hydroxyl groups excluding tert-OH is 1. The van der Waals surface area contributed by atoms with Crippen molar-refractivity contribution < 1.29 is 27.6 Å². The number of aliphatic hydroxyl groups is 1. The molecular formula is C21H26F3N3O3. The van der Waals surface area contributed by atoms with Gasteiger partial charge in [0.25, 0.3) is 5.91 Å². The van der Waals surface area contributed by atoms with Crippen LogP contribution in [0, 0.1) is 5.92 Å². The molecule has 1 aromatic heterocycles. The summed E-state index contributed by atoms with van der Waals surface area (Å²) in [4.78, 5) is 12.9. The van der Waals surface area contributed by atoms with Crippen molar-refractivity contribution in [3.8, 4) is 11.3 Å². The van der Waals surface area contributed by atoms with Crippen molar-refractivity contribution in [1.82, 2.24) is 15.8 Å². The van der Waals surface area contributed by atoms with Crippen LogP contribution in [0.1, 0.15) is 54.7 Å². The van der Waals surface area contributed by atoms with E-state index in [0.29, 0.717) is 23.5 Å². The van der Waals surface area contributed by atoms with E-state index >= 15 is 0 Å². The van der Waals surface area contributed by atoms with Crippen LogP contribution in [-0.4, -0.2) is 34.9 Å². The van der Waals surface area contributed by atoms with Crippen LogP contribution >= 0.6 is 0 Å². The van der Waals surface area contributed by atoms with Crippen molar-refractivity contribution in [1.29, 1.82) is 0 Å². The molecule has 30 heavy (non-hydrogen) atoms. The Balaban J connectivity index is 1.88. The summed E-state index contributed by atoms with van der Waals surface area (Å²) >= 11 is 0. The number of halogens is 3. The van der Waals surface area contributed by atoms with Crippen LogP contribution in [-0.2, 0) is 12.7 Å². The lowest BCUT2D eigenvalue weighted by molar-refractivity contribution is -0.137. The van der Waals surface area contributed by atoms with Crippen LogP contribution < -0.4 is 10.6 Å². The third kappa shape index (κ3) is 5.40. The molecule has 0 aliphatic heterocycles. The number of hydrogen-bond acceptors (Lipinski definition) is 5. The molecule has 2 aromatic rings. The van der Waals surface area contributed by atoms with Gasteiger partial charge >= 0.3 is 6.18 Å². The molecule has 3 rings (SSSR count). The number of carbonyl (C=O) groups is 1. The van der Waals surface area contributed by atoms with Gasteiger partial charge in [0.15, 0.2) is 11.5 Å². The Morgan fingerprint density at radius 3 is 2.47 bits per heavy atom. The Morgan fingerprint density at radius 1 is 1.27 bits per heavy atom. The molecule has 1 fully saturated rings. The zero-order valence-corrected chi connectivity index (χ0v) is 16.9. The second-order valence-electron chi connectivity index (χ2n) is 7.88. The van der Waals surface area contributed by atoms with Crippen molar-refractivity contribution in [3.05, 3.63) is 41.1 Å². The minimum absolute atomic E-state index is 0.0289. The number of carbonyl (C=O) groups excluding carboxylic acids is 1. The summed E-state index contributed by atoms with van der Waals surface area (Å²) in [5.74, 6) is 0.189. The summed E-state index contributed by atoms with van der Waals surface area (Å²) in [7, 11) is 0. The minimum atomic E-state index is -4.43. The maximum atomic E-state index is 12.9. The average Bonchev–Trinajstić information content (AvgIpc) is 3.44. The van der Waals surface area contributed by atoms with E-state index in [1.54, 1.807) is 0 Å². The standard InChI is InChI=1S/C21H26F3N3O3/c1-12(2)25-11-16-18(20(29)26-17(9-10-28)13-3-4-13)27-30-19(16)14-5-7-15(8-6-14)21(22,23)24/h5-8,12-13,17,25,28H,3-4,9-11H2,1-2H3,(H,26,29). The Morgan fingerprint density at radius 2 is 1.93 bits per heavy atom. The molecule has 1 atom stereocenters. The highest BCUT2D eigenvalue weighted by atomic mass is 19.4. The zero-order valence-electron chi connectivity index (χ0n) is 16.9. The lowest BCUT2D eigenvalue weighted by Gasteiger charge is -2.17. The number of rotatable bonds is 9. The SMILES string of the molecule is CC(C)NCc1c(C(=O)NC(CCO)C2CC2)noc1-c1ccc(C(F)(F)F)cc1. The molecule has 3 N–H and O–H groups in total. The highest BCUT2D eigenvalue weighted by Gasteiger charge is 2.34. The fourth-order valence-corrected chi connectivity index (χ4v) is 3.30. The first-order valence-electron chi connectivity index (χ1n) is 10.0. The molecular weight excluding hydrogens is 399 g/mol. The van der Waals surface area contributed by atoms with Crippen molar-refractivity contribution in [2.24, 2.45) is 5.92 Å². The largest absolute Gasteiger partial charge is 0.416 e. The molecule has 1 aromatic carbocycles. The molecule has 1 unspecified atom stereocenters. The molecule has 6 nitrogen and oxygen atoms in total. The van der Waals surface area contributed by atoms with E-state index in [1.165, 1.54) is 12.1 Å². The Bertz CT molecular complexity index is 859. The Kier molecular flexibility index (Phi) is 6.82. The monoisotopic (exact) mass is 425 g/mol. The Hall–Kier alpha value is -2.39. The molecule has 1 aliphatic carbocycles. The Labute approximate surface area is 172 Å². The molecule has 1 heterocycles. The average molecular weight is 425 g/mol. The first kappa shape index (κ1) is 22.3. The van der Waals surface area contributed by atoms with E-state index in [4.69, 9.17) is 4.52 Å². The van der Waals surface area contributed by atoms with E-state index in [1.807, 2.05) is 13.8 Å². The third-order valence-electron chi connectivity index (χ3n) is 5.11. The summed E-state index contributed by atoms with van der Waals surface area (Å²) < 4.78 is 44.0. The number of amides is 1. The fourth-order valence-electron chi connectivity index (χ4n) is 3.30. The van der Waals surface area contributed by atoms with Gasteiger partial charge in [-0.05, 0) is 37.3 Å². The molecule has 9 heteroatoms. The highest BCUT2D eigenvalue weighted by Crippen LogP contribution is 2.35. The van der Waals surface area contributed by atoms with Crippen LogP contribution in [0.5, 0.6) is 0 Å². The van der Waals surface area contributed by atoms with Gasteiger partial charge in [-0.15, -0.1) is 0 Å². The van der Waals surface area contributed by atoms with Crippen molar-refractivity contribution in [2.75, 3.05) is 6.61 Å². The van der Waals surface area contributed by atoms with Gasteiger partial charge in [-0.2, -0.15) is 13.2 Å². The van der Waals surface area contributed by atoms with E-state index < -0.39 is 17.6 Å². The van der Waals surface area contributed by atoms with Crippen LogP contribution in [0.25, 0.3) is 11.3 Å². The van der Waals surface area contributed by atoms with Gasteiger partial charge in [-0.25, -0.2) is 0 Å². The van der Waals surface area contributed by atoms with Crippen molar-refractivity contribution >= 4 is 5.91 Å². The predicted octanol–water partition coefficient (Wildman–Crippen LogP) is 3.75. The quantitative estimate of drug-likeness (QED) is 0.570. The van der Waals surface area contributed by atoms with Gasteiger partial charge in [0, 0.05) is 36.4 Å². The number of aromatic nitrogens is 1. The van der Waals surface area contributed by atoms with E-state index in [0.717, 1.165) is 25.0 Å². The van der Waals surface area contributed by atoms with Crippen molar-refractivity contribution in [3.63, 3.8) is 0 Å². The van der Waals surface area contributed by atoms with Gasteiger partial charge in [0.2, 0.25) is 0 Å². The lowest BCUT2D eigenvalue weighted by atomic mass is 10.0. The maximum absolute atomic E-state index is 12.9. The first-order valence-corrected chi connectivity index (χ1v) is 10.0. The number of hydrogen-bond donors (Lipinski definition) is 3. The van der Waals surface area contributed by atoms with E-state index in [-0.39, 0.29) is 36.7 Å². The van der Waals surface area contributed by atoms with Gasteiger partial charge in [0.1, 0.15) is 0 Å². The number of benzene rings is 1. The molecule has 1 amide bonds. The smallest absolute Gasteiger partial charge is 0.396 e. The van der Waals surface area contributed by atoms with E-state index in [2.05, 4.69) is 15.8 Å². The van der Waals surface area contributed by atoms with Crippen molar-refractivity contribution in [2.45, 2.75) is 57.9 Å². The summed E-state index contributed by atoms with van der Waals surface area (Å²) in [6.07, 6.45) is -1.97. The topological polar surface area (TPSA) is 87.4 Å². The van der Waals surface area contributed by atoms with Crippen LogP contribution in [0.2, 0.25) is 0 Å². The number of alkyl halides is 3. The van der Waals surface area contributed by atoms with Crippen LogP contribution in [0.4, 0.5) is 13.2 Å². The molecule has 0 saturated heterocycles. The van der Waals surface area contributed by atoms with Gasteiger partial charge in [-0.1, -0.05) is 31.1 Å². The molecule has 0 bridgehead atoms. The summed E-state index contributed by atoms with van der Waals surface area (Å²) in [5, 5.41) is 19.3. The van der Waals surface area contributed by atoms with Gasteiger partial charge in [0.05, 0.1) is 5.56 Å². The molecule has 164 valence electrons. The lowest BCUT2D eigenvalue weighted by Crippen LogP contribution is -2.38. The predicted molar refractivity (Wildman–Crippen MR) is 105 cm³/mol. The third-order valence-corrected chi connectivity index (χ3v) is 5.11. The molecule has 1 saturated carbocycles. The highest BCUT2D eigenvalue weighted by molar-refractivity contribution is 5.95. The van der Waals surface area contributed by atoms with Crippen LogP contribution in [0.3, 0.4) is 0 Å². The summed E-state index contributed by atoms with van der Waals surface area (Å²) in [6.45, 7) is 4.12. The molecule has 0 radical (unpaired) electrons. The first-order chi connectivity index (χ1) is 14.2.